The van der Waals surface area contributed by atoms with Gasteiger partial charge in [0.05, 0.1) is 6.04 Å². The summed E-state index contributed by atoms with van der Waals surface area (Å²) >= 11 is 7.46. The molecule has 1 aliphatic heterocycles. The van der Waals surface area contributed by atoms with E-state index in [1.165, 1.54) is 12.1 Å². The first-order valence-electron chi connectivity index (χ1n) is 8.03. The fourth-order valence-corrected chi connectivity index (χ4v) is 4.02. The molecule has 0 bridgehead atoms. The normalized spacial score (nSPS) is 16.2. The van der Waals surface area contributed by atoms with E-state index in [9.17, 15) is 14.0 Å². The molecule has 0 radical (unpaired) electrons. The van der Waals surface area contributed by atoms with Gasteiger partial charge in [0.1, 0.15) is 5.82 Å². The van der Waals surface area contributed by atoms with Crippen LogP contribution in [-0.2, 0) is 4.79 Å². The Morgan fingerprint density at radius 2 is 1.92 bits per heavy atom. The van der Waals surface area contributed by atoms with E-state index in [1.54, 1.807) is 42.1 Å². The number of halogens is 2. The van der Waals surface area contributed by atoms with E-state index in [4.69, 9.17) is 11.6 Å². The number of carbonyl (C=O) groups is 2. The van der Waals surface area contributed by atoms with Gasteiger partial charge in [0.25, 0.3) is 0 Å². The minimum Gasteiger partial charge on any atom is -0.349 e. The first-order valence-corrected chi connectivity index (χ1v) is 9.39. The molecule has 0 fully saturated rings. The van der Waals surface area contributed by atoms with Crippen LogP contribution in [-0.4, -0.2) is 17.4 Å². The Morgan fingerprint density at radius 3 is 2.68 bits per heavy atom. The molecule has 0 spiro atoms. The van der Waals surface area contributed by atoms with Crippen molar-refractivity contribution in [3.8, 4) is 0 Å². The molecule has 0 saturated carbocycles. The number of fused-ring (bicyclic) bond motifs is 1. The Balaban J connectivity index is 1.58. The first-order chi connectivity index (χ1) is 12.0. The summed E-state index contributed by atoms with van der Waals surface area (Å²) in [4.78, 5) is 25.3. The fourth-order valence-electron chi connectivity index (χ4n) is 2.79. The van der Waals surface area contributed by atoms with E-state index in [1.807, 2.05) is 0 Å². The van der Waals surface area contributed by atoms with Crippen molar-refractivity contribution in [2.45, 2.75) is 30.2 Å². The van der Waals surface area contributed by atoms with E-state index < -0.39 is 0 Å². The summed E-state index contributed by atoms with van der Waals surface area (Å²) in [5.41, 5.74) is 1.35. The second kappa shape index (κ2) is 8.02. The second-order valence-corrected chi connectivity index (χ2v) is 7.44. The Labute approximate surface area is 155 Å². The van der Waals surface area contributed by atoms with Crippen LogP contribution < -0.4 is 5.32 Å². The van der Waals surface area contributed by atoms with Crippen molar-refractivity contribution in [1.82, 2.24) is 5.32 Å². The molecule has 3 nitrogen and oxygen atoms in total. The molecule has 1 atom stereocenters. The third kappa shape index (κ3) is 4.61. The molecule has 1 aliphatic rings. The molecule has 0 aromatic heterocycles. The Hall–Kier alpha value is -1.85. The third-order valence-electron chi connectivity index (χ3n) is 4.09. The number of hydrogen-bond donors (Lipinski definition) is 1. The molecule has 6 heteroatoms. The van der Waals surface area contributed by atoms with Crippen molar-refractivity contribution >= 4 is 35.1 Å². The topological polar surface area (TPSA) is 46.2 Å². The predicted octanol–water partition coefficient (Wildman–Crippen LogP) is 4.80. The van der Waals surface area contributed by atoms with Gasteiger partial charge in [0, 0.05) is 34.1 Å². The maximum absolute atomic E-state index is 13.5. The average molecular weight is 378 g/mol. The van der Waals surface area contributed by atoms with Crippen molar-refractivity contribution in [1.29, 1.82) is 0 Å². The van der Waals surface area contributed by atoms with Crippen molar-refractivity contribution in [2.75, 3.05) is 5.75 Å². The molecule has 1 unspecified atom stereocenters. The summed E-state index contributed by atoms with van der Waals surface area (Å²) in [7, 11) is 0. The first kappa shape index (κ1) is 18.0. The molecule has 0 aliphatic carbocycles. The lowest BCUT2D eigenvalue weighted by Crippen LogP contribution is -2.31. The van der Waals surface area contributed by atoms with E-state index in [0.29, 0.717) is 10.6 Å². The number of thioether (sulfide) groups is 1. The van der Waals surface area contributed by atoms with Gasteiger partial charge in [-0.2, -0.15) is 0 Å². The van der Waals surface area contributed by atoms with Crippen molar-refractivity contribution in [2.24, 2.45) is 0 Å². The van der Waals surface area contributed by atoms with E-state index in [0.717, 1.165) is 22.6 Å². The number of benzene rings is 2. The Bertz CT molecular complexity index is 795. The van der Waals surface area contributed by atoms with Gasteiger partial charge in [-0.05, 0) is 54.4 Å². The number of rotatable bonds is 5. The van der Waals surface area contributed by atoms with Crippen LogP contribution in [0.25, 0.3) is 0 Å². The van der Waals surface area contributed by atoms with Gasteiger partial charge in [-0.3, -0.25) is 9.59 Å². The highest BCUT2D eigenvalue weighted by molar-refractivity contribution is 7.99. The van der Waals surface area contributed by atoms with Crippen LogP contribution in [0.5, 0.6) is 0 Å². The minimum absolute atomic E-state index is 0.0996. The molecule has 1 amide bonds. The van der Waals surface area contributed by atoms with Gasteiger partial charge >= 0.3 is 0 Å². The SMILES string of the molecule is O=C(CCC(=O)c1ccc(Cl)cc1)NC1CCSc2ccc(F)cc21. The van der Waals surface area contributed by atoms with Gasteiger partial charge < -0.3 is 5.32 Å². The van der Waals surface area contributed by atoms with Gasteiger partial charge in [-0.15, -0.1) is 11.8 Å². The lowest BCUT2D eigenvalue weighted by Gasteiger charge is -2.26. The van der Waals surface area contributed by atoms with E-state index in [-0.39, 0.29) is 36.4 Å². The van der Waals surface area contributed by atoms with Crippen molar-refractivity contribution in [3.63, 3.8) is 0 Å². The highest BCUT2D eigenvalue weighted by atomic mass is 35.5. The van der Waals surface area contributed by atoms with Gasteiger partial charge in [-0.1, -0.05) is 11.6 Å². The summed E-state index contributed by atoms with van der Waals surface area (Å²) in [6, 6.07) is 11.1. The number of hydrogen-bond acceptors (Lipinski definition) is 3. The molecule has 3 rings (SSSR count). The quantitative estimate of drug-likeness (QED) is 0.761. The predicted molar refractivity (Wildman–Crippen MR) is 97.6 cm³/mol. The molecular weight excluding hydrogens is 361 g/mol. The van der Waals surface area contributed by atoms with Gasteiger partial charge in [0.15, 0.2) is 5.78 Å². The average Bonchev–Trinajstić information content (AvgIpc) is 2.61. The highest BCUT2D eigenvalue weighted by Crippen LogP contribution is 2.36. The van der Waals surface area contributed by atoms with E-state index in [2.05, 4.69) is 5.32 Å². The van der Waals surface area contributed by atoms with Crippen molar-refractivity contribution in [3.05, 3.63) is 64.4 Å². The van der Waals surface area contributed by atoms with Crippen LogP contribution in [0.3, 0.4) is 0 Å². The lowest BCUT2D eigenvalue weighted by molar-refractivity contribution is -0.121. The minimum atomic E-state index is -0.307. The molecular formula is C19H17ClFNO2S. The van der Waals surface area contributed by atoms with Gasteiger partial charge in [-0.25, -0.2) is 4.39 Å². The van der Waals surface area contributed by atoms with E-state index >= 15 is 0 Å². The molecule has 25 heavy (non-hydrogen) atoms. The number of ketones is 1. The molecule has 130 valence electrons. The Kier molecular flexibility index (Phi) is 5.76. The molecule has 2 aromatic carbocycles. The molecule has 1 heterocycles. The molecule has 1 N–H and O–H groups in total. The third-order valence-corrected chi connectivity index (χ3v) is 5.47. The number of Topliss-reactive ketones (excluding diaryl/α,β-unsaturated/α-hetero) is 1. The summed E-state index contributed by atoms with van der Waals surface area (Å²) in [5, 5.41) is 3.49. The van der Waals surface area contributed by atoms with Crippen molar-refractivity contribution < 1.29 is 14.0 Å². The van der Waals surface area contributed by atoms with Crippen LogP contribution in [0.4, 0.5) is 4.39 Å². The summed E-state index contributed by atoms with van der Waals surface area (Å²) < 4.78 is 13.5. The highest BCUT2D eigenvalue weighted by Gasteiger charge is 2.23. The Morgan fingerprint density at radius 1 is 1.16 bits per heavy atom. The van der Waals surface area contributed by atoms with Gasteiger partial charge in [0.2, 0.25) is 5.91 Å². The lowest BCUT2D eigenvalue weighted by atomic mass is 10.0. The number of carbonyl (C=O) groups excluding carboxylic acids is 2. The maximum atomic E-state index is 13.5. The molecule has 2 aromatic rings. The van der Waals surface area contributed by atoms with Crippen LogP contribution in [0.15, 0.2) is 47.4 Å². The standard InChI is InChI=1S/C19H17ClFNO2S/c20-13-3-1-12(2-4-13)17(23)6-8-19(24)22-16-9-10-25-18-7-5-14(21)11-15(16)18/h1-5,7,11,16H,6,8-10H2,(H,22,24). The molecule has 0 saturated heterocycles. The smallest absolute Gasteiger partial charge is 0.220 e. The zero-order valence-electron chi connectivity index (χ0n) is 13.4. The summed E-state index contributed by atoms with van der Waals surface area (Å²) in [6.45, 7) is 0. The van der Waals surface area contributed by atoms with Crippen LogP contribution >= 0.6 is 23.4 Å². The summed E-state index contributed by atoms with van der Waals surface area (Å²) in [6.07, 6.45) is 0.985. The zero-order valence-corrected chi connectivity index (χ0v) is 15.0. The van der Waals surface area contributed by atoms with Crippen LogP contribution in [0, 0.1) is 5.82 Å². The zero-order chi connectivity index (χ0) is 17.8. The monoisotopic (exact) mass is 377 g/mol. The fraction of sp³-hybridized carbons (Fsp3) is 0.263. The van der Waals surface area contributed by atoms with Crippen LogP contribution in [0.1, 0.15) is 41.2 Å². The largest absolute Gasteiger partial charge is 0.349 e. The maximum Gasteiger partial charge on any atom is 0.220 e. The van der Waals surface area contributed by atoms with Crippen LogP contribution in [0.2, 0.25) is 5.02 Å². The number of amides is 1. The second-order valence-electron chi connectivity index (χ2n) is 5.87. The number of nitrogens with one attached hydrogen (secondary N) is 1. The summed E-state index contributed by atoms with van der Waals surface area (Å²) in [5.74, 6) is 0.262.